The van der Waals surface area contributed by atoms with Gasteiger partial charge in [0, 0.05) is 0 Å². The van der Waals surface area contributed by atoms with Gasteiger partial charge in [0.1, 0.15) is 5.82 Å². The fourth-order valence-corrected chi connectivity index (χ4v) is 0.812. The van der Waals surface area contributed by atoms with Gasteiger partial charge in [-0.25, -0.2) is 4.39 Å². The van der Waals surface area contributed by atoms with Gasteiger partial charge in [0.05, 0.1) is 0 Å². The Morgan fingerprint density at radius 1 is 1.33 bits per heavy atom. The van der Waals surface area contributed by atoms with E-state index in [2.05, 4.69) is 6.92 Å². The number of benzene rings is 1. The number of halogens is 1. The lowest BCUT2D eigenvalue weighted by Gasteiger charge is -1.94. The summed E-state index contributed by atoms with van der Waals surface area (Å²) < 4.78 is 12.4. The summed E-state index contributed by atoms with van der Waals surface area (Å²) in [7, 11) is 0. The van der Waals surface area contributed by atoms with Crippen molar-refractivity contribution in [1.82, 2.24) is 0 Å². The van der Waals surface area contributed by atoms with Gasteiger partial charge < -0.3 is 0 Å². The number of hydrogen-bond acceptors (Lipinski definition) is 0. The molecule has 0 aliphatic carbocycles. The molecule has 47 valence electrons. The summed E-state index contributed by atoms with van der Waals surface area (Å²) in [6.07, 6.45) is 0. The largest absolute Gasteiger partial charge is 0.207 e. The van der Waals surface area contributed by atoms with Crippen LogP contribution < -0.4 is 0 Å². The Labute approximate surface area is 54.3 Å². The summed E-state index contributed by atoms with van der Waals surface area (Å²) in [5.41, 5.74) is 1.65. The normalized spacial score (nSPS) is 9.67. The third-order valence-electron chi connectivity index (χ3n) is 1.10. The lowest BCUT2D eigenvalue weighted by atomic mass is 10.2. The smallest absolute Gasteiger partial charge is 0.123 e. The van der Waals surface area contributed by atoms with Gasteiger partial charge in [-0.05, 0) is 37.1 Å². The van der Waals surface area contributed by atoms with Crippen LogP contribution in [0.5, 0.6) is 0 Å². The molecule has 0 aromatic heterocycles. The van der Waals surface area contributed by atoms with Crippen molar-refractivity contribution in [3.63, 3.8) is 0 Å². The number of aryl methyl sites for hydroxylation is 1. The summed E-state index contributed by atoms with van der Waals surface area (Å²) in [5, 5.41) is 0. The molecule has 0 amide bonds. The molecule has 1 radical (unpaired) electrons. The zero-order valence-electron chi connectivity index (χ0n) is 5.32. The van der Waals surface area contributed by atoms with E-state index in [1.54, 1.807) is 0 Å². The van der Waals surface area contributed by atoms with Gasteiger partial charge >= 0.3 is 0 Å². The molecule has 1 rings (SSSR count). The summed E-state index contributed by atoms with van der Waals surface area (Å²) in [5.74, 6) is -0.208. The molecule has 0 saturated heterocycles. The summed E-state index contributed by atoms with van der Waals surface area (Å²) in [6, 6.07) is 4.73. The van der Waals surface area contributed by atoms with Gasteiger partial charge in [-0.15, -0.1) is 0 Å². The maximum atomic E-state index is 12.4. The first kappa shape index (κ1) is 6.27. The van der Waals surface area contributed by atoms with E-state index in [0.717, 1.165) is 11.1 Å². The maximum Gasteiger partial charge on any atom is 0.123 e. The van der Waals surface area contributed by atoms with Crippen molar-refractivity contribution in [3.05, 3.63) is 42.1 Å². The van der Waals surface area contributed by atoms with Gasteiger partial charge in [-0.3, -0.25) is 0 Å². The zero-order valence-corrected chi connectivity index (χ0v) is 5.32. The van der Waals surface area contributed by atoms with E-state index in [1.165, 1.54) is 12.1 Å². The predicted molar refractivity (Wildman–Crippen MR) is 35.6 cm³/mol. The molecule has 0 fully saturated rings. The molecule has 0 aliphatic heterocycles. The fourth-order valence-electron chi connectivity index (χ4n) is 0.812. The molecule has 0 heterocycles. The van der Waals surface area contributed by atoms with Crippen molar-refractivity contribution in [2.24, 2.45) is 0 Å². The van der Waals surface area contributed by atoms with E-state index in [4.69, 9.17) is 0 Å². The van der Waals surface area contributed by atoms with E-state index in [0.29, 0.717) is 0 Å². The van der Waals surface area contributed by atoms with Crippen LogP contribution in [0.1, 0.15) is 11.1 Å². The summed E-state index contributed by atoms with van der Waals surface area (Å²) in [6.45, 7) is 5.45. The molecular formula is C8H8F. The molecule has 0 atom stereocenters. The van der Waals surface area contributed by atoms with Crippen LogP contribution in [0.4, 0.5) is 4.39 Å². The van der Waals surface area contributed by atoms with Crippen LogP contribution in [0, 0.1) is 19.7 Å². The van der Waals surface area contributed by atoms with Crippen LogP contribution in [0.15, 0.2) is 18.2 Å². The third kappa shape index (κ3) is 1.53. The van der Waals surface area contributed by atoms with E-state index in [1.807, 2.05) is 13.0 Å². The molecule has 0 unspecified atom stereocenters. The average Bonchev–Trinajstić information content (AvgIpc) is 1.59. The predicted octanol–water partition coefficient (Wildman–Crippen LogP) is 2.32. The van der Waals surface area contributed by atoms with E-state index < -0.39 is 0 Å². The molecule has 1 aromatic carbocycles. The number of hydrogen-bond donors (Lipinski definition) is 0. The minimum Gasteiger partial charge on any atom is -0.207 e. The van der Waals surface area contributed by atoms with Crippen molar-refractivity contribution in [3.8, 4) is 0 Å². The van der Waals surface area contributed by atoms with Crippen LogP contribution in [-0.4, -0.2) is 0 Å². The quantitative estimate of drug-likeness (QED) is 0.496. The van der Waals surface area contributed by atoms with Gasteiger partial charge in [0.15, 0.2) is 0 Å². The zero-order chi connectivity index (χ0) is 6.85. The average molecular weight is 123 g/mol. The Balaban J connectivity index is 3.17. The van der Waals surface area contributed by atoms with Gasteiger partial charge in [-0.1, -0.05) is 6.07 Å². The molecule has 0 nitrogen and oxygen atoms in total. The molecular weight excluding hydrogens is 115 g/mol. The lowest BCUT2D eigenvalue weighted by Crippen LogP contribution is -1.79. The Kier molecular flexibility index (Phi) is 1.52. The first-order chi connectivity index (χ1) is 4.18. The van der Waals surface area contributed by atoms with Gasteiger partial charge in [-0.2, -0.15) is 0 Å². The maximum absolute atomic E-state index is 12.4. The highest BCUT2D eigenvalue weighted by Gasteiger charge is 1.90. The molecule has 1 aromatic rings. The van der Waals surface area contributed by atoms with E-state index >= 15 is 0 Å². The van der Waals surface area contributed by atoms with Crippen molar-refractivity contribution >= 4 is 0 Å². The van der Waals surface area contributed by atoms with E-state index in [-0.39, 0.29) is 5.82 Å². The van der Waals surface area contributed by atoms with Crippen LogP contribution in [-0.2, 0) is 0 Å². The van der Waals surface area contributed by atoms with Crippen LogP contribution in [0.25, 0.3) is 0 Å². The minimum absolute atomic E-state index is 0.208. The molecule has 0 spiro atoms. The Hall–Kier alpha value is -0.850. The van der Waals surface area contributed by atoms with Crippen LogP contribution in [0.2, 0.25) is 0 Å². The fraction of sp³-hybridized carbons (Fsp3) is 0.125. The SMILES string of the molecule is [CH2]c1cc(C)cc(F)c1. The molecule has 1 heteroatoms. The Bertz CT molecular complexity index is 165. The van der Waals surface area contributed by atoms with Crippen molar-refractivity contribution in [2.45, 2.75) is 6.92 Å². The van der Waals surface area contributed by atoms with Crippen LogP contribution >= 0.6 is 0 Å². The first-order valence-corrected chi connectivity index (χ1v) is 2.77. The topological polar surface area (TPSA) is 0 Å². The highest BCUT2D eigenvalue weighted by molar-refractivity contribution is 5.25. The second-order valence-electron chi connectivity index (χ2n) is 2.14. The molecule has 0 saturated carbocycles. The molecule has 0 bridgehead atoms. The van der Waals surface area contributed by atoms with Crippen molar-refractivity contribution < 1.29 is 4.39 Å². The number of rotatable bonds is 0. The van der Waals surface area contributed by atoms with Crippen LogP contribution in [0.3, 0.4) is 0 Å². The Morgan fingerprint density at radius 2 is 2.00 bits per heavy atom. The lowest BCUT2D eigenvalue weighted by molar-refractivity contribution is 0.626. The molecule has 9 heavy (non-hydrogen) atoms. The van der Waals surface area contributed by atoms with Gasteiger partial charge in [0.25, 0.3) is 0 Å². The van der Waals surface area contributed by atoms with E-state index in [9.17, 15) is 4.39 Å². The Morgan fingerprint density at radius 3 is 2.44 bits per heavy atom. The highest BCUT2D eigenvalue weighted by Crippen LogP contribution is 2.05. The standard InChI is InChI=1S/C8H8F/c1-6-3-7(2)5-8(9)4-6/h3-5H,1H2,2H3. The second kappa shape index (κ2) is 2.18. The van der Waals surface area contributed by atoms with Crippen molar-refractivity contribution in [1.29, 1.82) is 0 Å². The minimum atomic E-state index is -0.208. The van der Waals surface area contributed by atoms with Gasteiger partial charge in [0.2, 0.25) is 0 Å². The first-order valence-electron chi connectivity index (χ1n) is 2.77. The third-order valence-corrected chi connectivity index (χ3v) is 1.10. The summed E-state index contributed by atoms with van der Waals surface area (Å²) in [4.78, 5) is 0. The molecule has 0 aliphatic rings. The summed E-state index contributed by atoms with van der Waals surface area (Å²) >= 11 is 0. The molecule has 0 N–H and O–H groups in total. The monoisotopic (exact) mass is 123 g/mol. The van der Waals surface area contributed by atoms with Crippen molar-refractivity contribution in [2.75, 3.05) is 0 Å². The highest BCUT2D eigenvalue weighted by atomic mass is 19.1. The second-order valence-corrected chi connectivity index (χ2v) is 2.14.